The summed E-state index contributed by atoms with van der Waals surface area (Å²) in [4.78, 5) is 34.2. The molecule has 0 unspecified atom stereocenters. The third-order valence-corrected chi connectivity index (χ3v) is 4.85. The summed E-state index contributed by atoms with van der Waals surface area (Å²) in [5.41, 5.74) is 9.76. The van der Waals surface area contributed by atoms with Gasteiger partial charge in [-0.2, -0.15) is 0 Å². The number of primary amides is 2. The Morgan fingerprint density at radius 2 is 0.958 bits per heavy atom. The normalized spacial score (nSPS) is 12.2. The summed E-state index contributed by atoms with van der Waals surface area (Å²) >= 11 is 0. The summed E-state index contributed by atoms with van der Waals surface area (Å²) in [6.07, 6.45) is 8.28. The lowest BCUT2D eigenvalue weighted by atomic mass is 9.86. The van der Waals surface area contributed by atoms with Gasteiger partial charge < -0.3 is 11.5 Å². The van der Waals surface area contributed by atoms with Gasteiger partial charge in [0.25, 0.3) is 0 Å². The molecule has 0 aliphatic carbocycles. The number of rotatable bonds is 14. The summed E-state index contributed by atoms with van der Waals surface area (Å²) < 4.78 is 0. The van der Waals surface area contributed by atoms with Crippen LogP contribution in [0.3, 0.4) is 0 Å². The van der Waals surface area contributed by atoms with Crippen molar-refractivity contribution >= 4 is 17.6 Å². The Bertz CT molecular complexity index is 390. The first-order chi connectivity index (χ1) is 11.0. The van der Waals surface area contributed by atoms with Crippen molar-refractivity contribution in [1.82, 2.24) is 0 Å². The zero-order valence-electron chi connectivity index (χ0n) is 16.0. The van der Waals surface area contributed by atoms with Crippen molar-refractivity contribution in [1.29, 1.82) is 0 Å². The van der Waals surface area contributed by atoms with Crippen LogP contribution in [-0.4, -0.2) is 17.6 Å². The van der Waals surface area contributed by atoms with Crippen LogP contribution in [0.1, 0.15) is 91.9 Å². The fraction of sp³-hybridized carbons (Fsp3) is 0.842. The van der Waals surface area contributed by atoms with Crippen molar-refractivity contribution < 1.29 is 14.4 Å². The van der Waals surface area contributed by atoms with Crippen molar-refractivity contribution in [2.45, 2.75) is 91.9 Å². The van der Waals surface area contributed by atoms with Crippen molar-refractivity contribution in [3.8, 4) is 0 Å². The molecule has 5 heteroatoms. The monoisotopic (exact) mass is 340 g/mol. The molecule has 0 fully saturated rings. The number of nitrogens with two attached hydrogens (primary N) is 2. The molecule has 0 radical (unpaired) electrons. The average molecular weight is 341 g/mol. The molecule has 0 aromatic heterocycles. The van der Waals surface area contributed by atoms with Crippen LogP contribution in [0.4, 0.5) is 0 Å². The number of unbranched alkanes of at least 4 members (excludes halogenated alkanes) is 4. The van der Waals surface area contributed by atoms with Gasteiger partial charge in [-0.05, 0) is 25.7 Å². The van der Waals surface area contributed by atoms with Crippen LogP contribution in [0.25, 0.3) is 0 Å². The molecule has 0 bridgehead atoms. The average Bonchev–Trinajstić information content (AvgIpc) is 2.45. The predicted molar refractivity (Wildman–Crippen MR) is 97.1 cm³/mol. The van der Waals surface area contributed by atoms with Gasteiger partial charge >= 0.3 is 0 Å². The van der Waals surface area contributed by atoms with Crippen molar-refractivity contribution in [2.75, 3.05) is 0 Å². The molecule has 0 aliphatic heterocycles. The minimum atomic E-state index is -0.456. The molecule has 0 aromatic carbocycles. The number of amides is 2. The van der Waals surface area contributed by atoms with E-state index in [9.17, 15) is 14.4 Å². The number of carbonyl (C=O) groups excluding carboxylic acids is 3. The molecule has 0 aromatic rings. The number of hydrogen-bond donors (Lipinski definition) is 2. The van der Waals surface area contributed by atoms with E-state index in [0.29, 0.717) is 18.6 Å². The number of ketones is 1. The van der Waals surface area contributed by atoms with Gasteiger partial charge in [0.15, 0.2) is 0 Å². The smallest absolute Gasteiger partial charge is 0.223 e. The van der Waals surface area contributed by atoms with Crippen LogP contribution in [0.15, 0.2) is 0 Å². The molecule has 0 saturated carbocycles. The van der Waals surface area contributed by atoms with Crippen LogP contribution in [0, 0.1) is 10.8 Å². The summed E-state index contributed by atoms with van der Waals surface area (Å²) in [7, 11) is 0. The summed E-state index contributed by atoms with van der Waals surface area (Å²) in [6, 6.07) is 0. The van der Waals surface area contributed by atoms with Gasteiger partial charge in [-0.25, -0.2) is 0 Å². The Morgan fingerprint density at radius 3 is 1.25 bits per heavy atom. The molecule has 0 rings (SSSR count). The highest BCUT2D eigenvalue weighted by Gasteiger charge is 2.24. The Kier molecular flexibility index (Phi) is 9.86. The van der Waals surface area contributed by atoms with Gasteiger partial charge in [0.2, 0.25) is 11.8 Å². The highest BCUT2D eigenvalue weighted by molar-refractivity contribution is 5.80. The van der Waals surface area contributed by atoms with Crippen LogP contribution >= 0.6 is 0 Å². The second kappa shape index (κ2) is 10.5. The van der Waals surface area contributed by atoms with E-state index in [2.05, 4.69) is 0 Å². The summed E-state index contributed by atoms with van der Waals surface area (Å²) in [6.45, 7) is 7.44. The van der Waals surface area contributed by atoms with E-state index < -0.39 is 10.8 Å². The van der Waals surface area contributed by atoms with E-state index >= 15 is 0 Å². The number of carbonyl (C=O) groups is 3. The summed E-state index contributed by atoms with van der Waals surface area (Å²) in [5.74, 6) is -0.227. The minimum absolute atomic E-state index is 0.266. The molecular formula is C19H36N2O3. The molecule has 4 N–H and O–H groups in total. The van der Waals surface area contributed by atoms with Crippen molar-refractivity contribution in [2.24, 2.45) is 22.3 Å². The molecule has 140 valence electrons. The first-order valence-electron chi connectivity index (χ1n) is 9.10. The molecule has 2 amide bonds. The van der Waals surface area contributed by atoms with Gasteiger partial charge in [-0.15, -0.1) is 0 Å². The molecule has 0 aliphatic rings. The second-order valence-corrected chi connectivity index (χ2v) is 8.16. The summed E-state index contributed by atoms with van der Waals surface area (Å²) in [5, 5.41) is 0. The zero-order valence-corrected chi connectivity index (χ0v) is 16.0. The van der Waals surface area contributed by atoms with E-state index in [1.807, 2.05) is 27.7 Å². The highest BCUT2D eigenvalue weighted by Crippen LogP contribution is 2.24. The van der Waals surface area contributed by atoms with Crippen molar-refractivity contribution in [3.05, 3.63) is 0 Å². The number of Topliss-reactive ketones (excluding diaryl/α,β-unsaturated/α-hetero) is 1. The fourth-order valence-electron chi connectivity index (χ4n) is 2.50. The largest absolute Gasteiger partial charge is 0.369 e. The topological polar surface area (TPSA) is 103 Å². The Labute approximate surface area is 146 Å². The molecule has 0 saturated heterocycles. The molecule has 0 atom stereocenters. The lowest BCUT2D eigenvalue weighted by molar-refractivity contribution is -0.127. The Morgan fingerprint density at radius 1 is 0.625 bits per heavy atom. The lowest BCUT2D eigenvalue weighted by Crippen LogP contribution is -2.31. The fourth-order valence-corrected chi connectivity index (χ4v) is 2.50. The van der Waals surface area contributed by atoms with Gasteiger partial charge in [-0.3, -0.25) is 14.4 Å². The van der Waals surface area contributed by atoms with E-state index in [0.717, 1.165) is 51.4 Å². The van der Waals surface area contributed by atoms with E-state index in [1.165, 1.54) is 0 Å². The van der Waals surface area contributed by atoms with Gasteiger partial charge in [-0.1, -0.05) is 53.4 Å². The molecular weight excluding hydrogens is 304 g/mol. The van der Waals surface area contributed by atoms with Crippen molar-refractivity contribution in [3.63, 3.8) is 0 Å². The van der Waals surface area contributed by atoms with Crippen LogP contribution in [0.5, 0.6) is 0 Å². The lowest BCUT2D eigenvalue weighted by Gasteiger charge is -2.19. The van der Waals surface area contributed by atoms with E-state index in [1.54, 1.807) is 0 Å². The maximum Gasteiger partial charge on any atom is 0.223 e. The first kappa shape index (κ1) is 22.6. The third kappa shape index (κ3) is 9.68. The predicted octanol–water partition coefficient (Wildman–Crippen LogP) is 3.48. The minimum Gasteiger partial charge on any atom is -0.369 e. The molecule has 24 heavy (non-hydrogen) atoms. The standard InChI is InChI=1S/C19H36N2O3/c1-18(2,16(20)23)13-9-5-7-11-15(22)12-8-6-10-14-19(3,4)17(21)24/h5-14H2,1-4H3,(H2,20,23)(H2,21,24). The van der Waals surface area contributed by atoms with Gasteiger partial charge in [0.05, 0.1) is 0 Å². The molecule has 0 spiro atoms. The zero-order chi connectivity index (χ0) is 18.8. The first-order valence-corrected chi connectivity index (χ1v) is 9.10. The molecule has 0 heterocycles. The highest BCUT2D eigenvalue weighted by atomic mass is 16.2. The quantitative estimate of drug-likeness (QED) is 0.473. The molecule has 5 nitrogen and oxygen atoms in total. The second-order valence-electron chi connectivity index (χ2n) is 8.16. The Balaban J connectivity index is 3.65. The Hall–Kier alpha value is -1.39. The SMILES string of the molecule is CC(C)(CCCCCC(=O)CCCCCC(C)(C)C(N)=O)C(N)=O. The van der Waals surface area contributed by atoms with Crippen LogP contribution < -0.4 is 11.5 Å². The van der Waals surface area contributed by atoms with E-state index in [4.69, 9.17) is 11.5 Å². The van der Waals surface area contributed by atoms with E-state index in [-0.39, 0.29) is 11.8 Å². The maximum absolute atomic E-state index is 11.8. The van der Waals surface area contributed by atoms with Crippen LogP contribution in [0.2, 0.25) is 0 Å². The maximum atomic E-state index is 11.8. The number of hydrogen-bond acceptors (Lipinski definition) is 3. The van der Waals surface area contributed by atoms with Crippen LogP contribution in [-0.2, 0) is 14.4 Å². The third-order valence-electron chi connectivity index (χ3n) is 4.85. The van der Waals surface area contributed by atoms with Gasteiger partial charge in [0, 0.05) is 23.7 Å². The van der Waals surface area contributed by atoms with Gasteiger partial charge in [0.1, 0.15) is 5.78 Å².